The molecule has 0 spiro atoms. The number of halogens is 1. The SMILES string of the molecule is CCN(c1cncc(CCl)n1)C1CCCCC1. The van der Waals surface area contributed by atoms with E-state index in [4.69, 9.17) is 11.6 Å². The molecule has 94 valence electrons. The van der Waals surface area contributed by atoms with Gasteiger partial charge in [0.2, 0.25) is 0 Å². The van der Waals surface area contributed by atoms with E-state index in [0.29, 0.717) is 11.9 Å². The molecule has 0 unspecified atom stereocenters. The minimum absolute atomic E-state index is 0.434. The van der Waals surface area contributed by atoms with Crippen LogP contribution >= 0.6 is 11.6 Å². The van der Waals surface area contributed by atoms with E-state index in [0.717, 1.165) is 18.1 Å². The van der Waals surface area contributed by atoms with Crippen LogP contribution in [0.2, 0.25) is 0 Å². The third-order valence-corrected chi connectivity index (χ3v) is 3.73. The number of hydrogen-bond donors (Lipinski definition) is 0. The summed E-state index contributed by atoms with van der Waals surface area (Å²) in [5, 5.41) is 0. The van der Waals surface area contributed by atoms with Gasteiger partial charge in [-0.15, -0.1) is 11.6 Å². The van der Waals surface area contributed by atoms with Gasteiger partial charge in [-0.25, -0.2) is 4.98 Å². The minimum atomic E-state index is 0.434. The lowest BCUT2D eigenvalue weighted by molar-refractivity contribution is 0.416. The number of alkyl halides is 1. The van der Waals surface area contributed by atoms with Crippen molar-refractivity contribution in [1.29, 1.82) is 0 Å². The van der Waals surface area contributed by atoms with Crippen molar-refractivity contribution in [2.24, 2.45) is 0 Å². The van der Waals surface area contributed by atoms with Crippen LogP contribution in [-0.2, 0) is 5.88 Å². The molecule has 0 amide bonds. The van der Waals surface area contributed by atoms with Gasteiger partial charge in [-0.1, -0.05) is 19.3 Å². The molecule has 0 bridgehead atoms. The molecule has 1 aromatic rings. The van der Waals surface area contributed by atoms with Crippen molar-refractivity contribution >= 4 is 17.4 Å². The van der Waals surface area contributed by atoms with Crippen molar-refractivity contribution < 1.29 is 0 Å². The Morgan fingerprint density at radius 3 is 2.71 bits per heavy atom. The van der Waals surface area contributed by atoms with Crippen molar-refractivity contribution in [3.8, 4) is 0 Å². The van der Waals surface area contributed by atoms with Crippen molar-refractivity contribution in [1.82, 2.24) is 9.97 Å². The molecule has 0 radical (unpaired) electrons. The molecule has 0 saturated heterocycles. The standard InChI is InChI=1S/C13H20ClN3/c1-2-17(12-6-4-3-5-7-12)13-10-15-9-11(8-14)16-13/h9-10,12H,2-8H2,1H3. The van der Waals surface area contributed by atoms with Crippen LogP contribution in [-0.4, -0.2) is 22.6 Å². The maximum absolute atomic E-state index is 5.81. The van der Waals surface area contributed by atoms with Gasteiger partial charge < -0.3 is 4.90 Å². The zero-order chi connectivity index (χ0) is 12.1. The molecule has 3 nitrogen and oxygen atoms in total. The van der Waals surface area contributed by atoms with Crippen LogP contribution in [0, 0.1) is 0 Å². The average molecular weight is 254 g/mol. The predicted molar refractivity (Wildman–Crippen MR) is 71.5 cm³/mol. The molecule has 0 aliphatic heterocycles. The van der Waals surface area contributed by atoms with Crippen LogP contribution < -0.4 is 4.90 Å². The van der Waals surface area contributed by atoms with Gasteiger partial charge in [0.1, 0.15) is 5.82 Å². The maximum atomic E-state index is 5.81. The summed E-state index contributed by atoms with van der Waals surface area (Å²) in [7, 11) is 0. The zero-order valence-corrected chi connectivity index (χ0v) is 11.2. The molecule has 0 atom stereocenters. The summed E-state index contributed by atoms with van der Waals surface area (Å²) >= 11 is 5.81. The van der Waals surface area contributed by atoms with E-state index in [1.54, 1.807) is 6.20 Å². The molecule has 0 aromatic carbocycles. The Bertz CT molecular complexity index is 350. The Morgan fingerprint density at radius 2 is 2.06 bits per heavy atom. The van der Waals surface area contributed by atoms with Crippen molar-refractivity contribution in [3.63, 3.8) is 0 Å². The summed E-state index contributed by atoms with van der Waals surface area (Å²) in [6, 6.07) is 0.633. The molecule has 17 heavy (non-hydrogen) atoms. The highest BCUT2D eigenvalue weighted by Gasteiger charge is 2.21. The molecule has 1 heterocycles. The van der Waals surface area contributed by atoms with Gasteiger partial charge in [0, 0.05) is 18.8 Å². The van der Waals surface area contributed by atoms with E-state index < -0.39 is 0 Å². The molecule has 1 aliphatic carbocycles. The Hall–Kier alpha value is -0.830. The summed E-state index contributed by atoms with van der Waals surface area (Å²) in [4.78, 5) is 11.2. The highest BCUT2D eigenvalue weighted by atomic mass is 35.5. The normalized spacial score (nSPS) is 17.1. The summed E-state index contributed by atoms with van der Waals surface area (Å²) in [5.41, 5.74) is 0.860. The molecule has 1 aromatic heterocycles. The lowest BCUT2D eigenvalue weighted by Gasteiger charge is -2.34. The minimum Gasteiger partial charge on any atom is -0.353 e. The quantitative estimate of drug-likeness (QED) is 0.771. The molecular formula is C13H20ClN3. The molecule has 1 saturated carbocycles. The van der Waals surface area contributed by atoms with Gasteiger partial charge in [-0.2, -0.15) is 0 Å². The van der Waals surface area contributed by atoms with Crippen molar-refractivity contribution in [3.05, 3.63) is 18.1 Å². The van der Waals surface area contributed by atoms with E-state index in [1.807, 2.05) is 6.20 Å². The summed E-state index contributed by atoms with van der Waals surface area (Å²) in [5.74, 6) is 1.42. The van der Waals surface area contributed by atoms with E-state index in [-0.39, 0.29) is 0 Å². The predicted octanol–water partition coefficient (Wildman–Crippen LogP) is 3.37. The van der Waals surface area contributed by atoms with Crippen LogP contribution in [0.3, 0.4) is 0 Å². The van der Waals surface area contributed by atoms with Gasteiger partial charge in [-0.05, 0) is 19.8 Å². The Kier molecular flexibility index (Phi) is 4.60. The van der Waals surface area contributed by atoms with E-state index >= 15 is 0 Å². The van der Waals surface area contributed by atoms with E-state index in [2.05, 4.69) is 21.8 Å². The summed E-state index contributed by atoms with van der Waals surface area (Å²) in [6.45, 7) is 3.18. The highest BCUT2D eigenvalue weighted by Crippen LogP contribution is 2.25. The monoisotopic (exact) mass is 253 g/mol. The first-order chi connectivity index (χ1) is 8.35. The number of nitrogens with zero attached hydrogens (tertiary/aromatic N) is 3. The lowest BCUT2D eigenvalue weighted by atomic mass is 9.94. The Balaban J connectivity index is 2.15. The largest absolute Gasteiger partial charge is 0.353 e. The second-order valence-corrected chi connectivity index (χ2v) is 4.85. The second kappa shape index (κ2) is 6.20. The van der Waals surface area contributed by atoms with Gasteiger partial charge in [-0.3, -0.25) is 4.98 Å². The summed E-state index contributed by atoms with van der Waals surface area (Å²) < 4.78 is 0. The Labute approximate surface area is 108 Å². The fourth-order valence-corrected chi connectivity index (χ4v) is 2.73. The third kappa shape index (κ3) is 3.09. The topological polar surface area (TPSA) is 29.0 Å². The first-order valence-corrected chi connectivity index (χ1v) is 7.02. The first kappa shape index (κ1) is 12.6. The molecule has 0 N–H and O–H groups in total. The fraction of sp³-hybridized carbons (Fsp3) is 0.692. The summed E-state index contributed by atoms with van der Waals surface area (Å²) in [6.07, 6.45) is 10.2. The second-order valence-electron chi connectivity index (χ2n) is 4.58. The van der Waals surface area contributed by atoms with Crippen molar-refractivity contribution in [2.75, 3.05) is 11.4 Å². The Morgan fingerprint density at radius 1 is 1.29 bits per heavy atom. The van der Waals surface area contributed by atoms with Gasteiger partial charge >= 0.3 is 0 Å². The fourth-order valence-electron chi connectivity index (χ4n) is 2.60. The van der Waals surface area contributed by atoms with E-state index in [9.17, 15) is 0 Å². The maximum Gasteiger partial charge on any atom is 0.147 e. The van der Waals surface area contributed by atoms with Gasteiger partial charge in [0.15, 0.2) is 0 Å². The molecule has 4 heteroatoms. The number of rotatable bonds is 4. The van der Waals surface area contributed by atoms with Crippen molar-refractivity contribution in [2.45, 2.75) is 50.9 Å². The molecule has 1 aliphatic rings. The number of aromatic nitrogens is 2. The van der Waals surface area contributed by atoms with Gasteiger partial charge in [0.25, 0.3) is 0 Å². The first-order valence-electron chi connectivity index (χ1n) is 6.48. The van der Waals surface area contributed by atoms with Crippen LogP contribution in [0.25, 0.3) is 0 Å². The van der Waals surface area contributed by atoms with Crippen LogP contribution in [0.1, 0.15) is 44.7 Å². The van der Waals surface area contributed by atoms with Gasteiger partial charge in [0.05, 0.1) is 17.8 Å². The average Bonchev–Trinajstić information content (AvgIpc) is 2.41. The third-order valence-electron chi connectivity index (χ3n) is 3.46. The molecular weight excluding hydrogens is 234 g/mol. The van der Waals surface area contributed by atoms with Crippen LogP contribution in [0.5, 0.6) is 0 Å². The highest BCUT2D eigenvalue weighted by molar-refractivity contribution is 6.16. The van der Waals surface area contributed by atoms with Crippen LogP contribution in [0.4, 0.5) is 5.82 Å². The zero-order valence-electron chi connectivity index (χ0n) is 10.4. The number of anilines is 1. The van der Waals surface area contributed by atoms with E-state index in [1.165, 1.54) is 32.1 Å². The smallest absolute Gasteiger partial charge is 0.147 e. The number of hydrogen-bond acceptors (Lipinski definition) is 3. The lowest BCUT2D eigenvalue weighted by Crippen LogP contribution is -2.37. The van der Waals surface area contributed by atoms with Crippen LogP contribution in [0.15, 0.2) is 12.4 Å². The molecule has 1 fully saturated rings. The molecule has 2 rings (SSSR count).